The number of nitrogens with one attached hydrogen (secondary N) is 1. The van der Waals surface area contributed by atoms with Crippen molar-refractivity contribution in [1.29, 1.82) is 0 Å². The number of piperazine rings is 1. The van der Waals surface area contributed by atoms with E-state index in [4.69, 9.17) is 4.74 Å². The van der Waals surface area contributed by atoms with Crippen molar-refractivity contribution in [3.63, 3.8) is 0 Å². The van der Waals surface area contributed by atoms with E-state index >= 15 is 0 Å². The third kappa shape index (κ3) is 3.33. The SMILES string of the molecule is CCN1CCN(CC[C@H]2Oc3cccnc3NC2=O)CC1. The lowest BCUT2D eigenvalue weighted by Crippen LogP contribution is -2.48. The molecule has 0 saturated carbocycles. The Morgan fingerprint density at radius 1 is 1.33 bits per heavy atom. The lowest BCUT2D eigenvalue weighted by molar-refractivity contribution is -0.124. The largest absolute Gasteiger partial charge is 0.477 e. The Bertz CT molecular complexity index is 500. The maximum Gasteiger partial charge on any atom is 0.266 e. The van der Waals surface area contributed by atoms with Crippen molar-refractivity contribution >= 4 is 11.7 Å². The molecule has 0 aliphatic carbocycles. The first-order valence-corrected chi connectivity index (χ1v) is 7.63. The Labute approximate surface area is 125 Å². The molecule has 1 amide bonds. The summed E-state index contributed by atoms with van der Waals surface area (Å²) in [6, 6.07) is 3.66. The Balaban J connectivity index is 1.51. The molecule has 6 nitrogen and oxygen atoms in total. The van der Waals surface area contributed by atoms with Gasteiger partial charge in [-0.2, -0.15) is 0 Å². The van der Waals surface area contributed by atoms with Gasteiger partial charge >= 0.3 is 0 Å². The van der Waals surface area contributed by atoms with E-state index in [0.717, 1.165) is 39.3 Å². The number of hydrogen-bond donors (Lipinski definition) is 1. The Kier molecular flexibility index (Phi) is 4.36. The van der Waals surface area contributed by atoms with Crippen molar-refractivity contribution in [3.05, 3.63) is 18.3 Å². The van der Waals surface area contributed by atoms with E-state index < -0.39 is 6.10 Å². The Hall–Kier alpha value is -1.66. The molecule has 2 aliphatic heterocycles. The molecule has 3 rings (SSSR count). The lowest BCUT2D eigenvalue weighted by atomic mass is 10.2. The summed E-state index contributed by atoms with van der Waals surface area (Å²) in [6.45, 7) is 8.57. The van der Waals surface area contributed by atoms with Gasteiger partial charge in [0.15, 0.2) is 17.7 Å². The quantitative estimate of drug-likeness (QED) is 0.889. The first kappa shape index (κ1) is 14.3. The molecule has 0 radical (unpaired) electrons. The number of nitrogens with zero attached hydrogens (tertiary/aromatic N) is 3. The van der Waals surface area contributed by atoms with Crippen LogP contribution in [0.25, 0.3) is 0 Å². The topological polar surface area (TPSA) is 57.7 Å². The van der Waals surface area contributed by atoms with Crippen molar-refractivity contribution in [3.8, 4) is 5.75 Å². The van der Waals surface area contributed by atoms with Gasteiger partial charge < -0.3 is 19.9 Å². The number of carbonyl (C=O) groups is 1. The maximum absolute atomic E-state index is 12.0. The van der Waals surface area contributed by atoms with Crippen LogP contribution in [0.1, 0.15) is 13.3 Å². The van der Waals surface area contributed by atoms with E-state index in [0.29, 0.717) is 18.0 Å². The molecule has 6 heteroatoms. The zero-order chi connectivity index (χ0) is 14.7. The second-order valence-electron chi connectivity index (χ2n) is 5.51. The predicted molar refractivity (Wildman–Crippen MR) is 80.5 cm³/mol. The molecule has 1 atom stereocenters. The van der Waals surface area contributed by atoms with Gasteiger partial charge in [0.25, 0.3) is 5.91 Å². The van der Waals surface area contributed by atoms with Crippen molar-refractivity contribution in [1.82, 2.24) is 14.8 Å². The standard InChI is InChI=1S/C15H22N4O2/c1-2-18-8-10-19(11-9-18)7-5-13-15(20)17-14-12(21-13)4-3-6-16-14/h3-4,6,13H,2,5,7-11H2,1H3,(H,16,17,20)/t13-/m1/s1. The van der Waals surface area contributed by atoms with Crippen LogP contribution in [0.3, 0.4) is 0 Å². The van der Waals surface area contributed by atoms with Crippen LogP contribution in [0, 0.1) is 0 Å². The molecule has 1 fully saturated rings. The molecule has 0 aromatic carbocycles. The average molecular weight is 290 g/mol. The second-order valence-corrected chi connectivity index (χ2v) is 5.51. The molecule has 3 heterocycles. The highest BCUT2D eigenvalue weighted by Crippen LogP contribution is 2.27. The van der Waals surface area contributed by atoms with E-state index in [1.54, 1.807) is 6.20 Å². The van der Waals surface area contributed by atoms with Gasteiger partial charge in [0.05, 0.1) is 0 Å². The van der Waals surface area contributed by atoms with Crippen molar-refractivity contribution < 1.29 is 9.53 Å². The normalized spacial score (nSPS) is 23.3. The van der Waals surface area contributed by atoms with Crippen LogP contribution in [-0.4, -0.2) is 66.1 Å². The molecule has 0 bridgehead atoms. The lowest BCUT2D eigenvalue weighted by Gasteiger charge is -2.35. The third-order valence-corrected chi connectivity index (χ3v) is 4.19. The van der Waals surface area contributed by atoms with Gasteiger partial charge in [0.1, 0.15) is 0 Å². The summed E-state index contributed by atoms with van der Waals surface area (Å²) >= 11 is 0. The summed E-state index contributed by atoms with van der Waals surface area (Å²) in [5.74, 6) is 1.10. The molecule has 0 unspecified atom stereocenters. The van der Waals surface area contributed by atoms with Gasteiger partial charge in [-0.15, -0.1) is 0 Å². The first-order valence-electron chi connectivity index (χ1n) is 7.63. The van der Waals surface area contributed by atoms with Crippen LogP contribution in [0.15, 0.2) is 18.3 Å². The predicted octanol–water partition coefficient (Wildman–Crippen LogP) is 0.809. The maximum atomic E-state index is 12.0. The van der Waals surface area contributed by atoms with Crippen molar-refractivity contribution in [2.75, 3.05) is 44.6 Å². The van der Waals surface area contributed by atoms with E-state index in [1.807, 2.05) is 12.1 Å². The van der Waals surface area contributed by atoms with Crippen LogP contribution >= 0.6 is 0 Å². The summed E-state index contributed by atoms with van der Waals surface area (Å²) in [4.78, 5) is 21.0. The number of fused-ring (bicyclic) bond motifs is 1. The highest BCUT2D eigenvalue weighted by Gasteiger charge is 2.28. The third-order valence-electron chi connectivity index (χ3n) is 4.19. The molecule has 1 N–H and O–H groups in total. The number of ether oxygens (including phenoxy) is 1. The van der Waals surface area contributed by atoms with Crippen LogP contribution in [0.2, 0.25) is 0 Å². The summed E-state index contributed by atoms with van der Waals surface area (Å²) < 4.78 is 5.77. The number of aromatic nitrogens is 1. The van der Waals surface area contributed by atoms with E-state index in [9.17, 15) is 4.79 Å². The highest BCUT2D eigenvalue weighted by atomic mass is 16.5. The zero-order valence-electron chi connectivity index (χ0n) is 12.4. The number of rotatable bonds is 4. The van der Waals surface area contributed by atoms with Crippen LogP contribution in [0.5, 0.6) is 5.75 Å². The van der Waals surface area contributed by atoms with E-state index in [-0.39, 0.29) is 5.91 Å². The molecule has 2 aliphatic rings. The van der Waals surface area contributed by atoms with Crippen molar-refractivity contribution in [2.45, 2.75) is 19.4 Å². The molecular formula is C15H22N4O2. The molecular weight excluding hydrogens is 268 g/mol. The van der Waals surface area contributed by atoms with Crippen LogP contribution in [0.4, 0.5) is 5.82 Å². The molecule has 0 spiro atoms. The number of amides is 1. The second kappa shape index (κ2) is 6.41. The van der Waals surface area contributed by atoms with Crippen LogP contribution in [-0.2, 0) is 4.79 Å². The minimum atomic E-state index is -0.411. The van der Waals surface area contributed by atoms with E-state index in [1.165, 1.54) is 0 Å². The summed E-state index contributed by atoms with van der Waals surface area (Å²) in [6.07, 6.45) is 1.95. The number of pyridine rings is 1. The fourth-order valence-electron chi connectivity index (χ4n) is 2.80. The average Bonchev–Trinajstić information content (AvgIpc) is 2.53. The minimum absolute atomic E-state index is 0.0894. The number of anilines is 1. The molecule has 114 valence electrons. The number of carbonyl (C=O) groups excluding carboxylic acids is 1. The van der Waals surface area contributed by atoms with Gasteiger partial charge in [-0.05, 0) is 18.7 Å². The monoisotopic (exact) mass is 290 g/mol. The fraction of sp³-hybridized carbons (Fsp3) is 0.600. The van der Waals surface area contributed by atoms with Crippen molar-refractivity contribution in [2.24, 2.45) is 0 Å². The van der Waals surface area contributed by atoms with Crippen LogP contribution < -0.4 is 10.1 Å². The smallest absolute Gasteiger partial charge is 0.266 e. The van der Waals surface area contributed by atoms with E-state index in [2.05, 4.69) is 27.0 Å². The van der Waals surface area contributed by atoms with Gasteiger partial charge in [-0.1, -0.05) is 6.92 Å². The summed E-state index contributed by atoms with van der Waals surface area (Å²) in [5.41, 5.74) is 0. The molecule has 1 saturated heterocycles. The summed E-state index contributed by atoms with van der Waals surface area (Å²) in [5, 5.41) is 2.81. The van der Waals surface area contributed by atoms with Gasteiger partial charge in [-0.3, -0.25) is 4.79 Å². The first-order chi connectivity index (χ1) is 10.3. The molecule has 21 heavy (non-hydrogen) atoms. The highest BCUT2D eigenvalue weighted by molar-refractivity contribution is 5.96. The minimum Gasteiger partial charge on any atom is -0.477 e. The van der Waals surface area contributed by atoms with Gasteiger partial charge in [-0.25, -0.2) is 4.98 Å². The number of likely N-dealkylation sites (N-methyl/N-ethyl adjacent to an activating group) is 1. The van der Waals surface area contributed by atoms with Gasteiger partial charge in [0.2, 0.25) is 0 Å². The Morgan fingerprint density at radius 2 is 2.10 bits per heavy atom. The fourth-order valence-corrected chi connectivity index (χ4v) is 2.80. The summed E-state index contributed by atoms with van der Waals surface area (Å²) in [7, 11) is 0. The molecule has 1 aromatic heterocycles. The molecule has 1 aromatic rings. The number of hydrogen-bond acceptors (Lipinski definition) is 5. The van der Waals surface area contributed by atoms with Gasteiger partial charge in [0, 0.05) is 45.3 Å². The Morgan fingerprint density at radius 3 is 2.86 bits per heavy atom. The zero-order valence-corrected chi connectivity index (χ0v) is 12.4.